The van der Waals surface area contributed by atoms with Gasteiger partial charge in [-0.1, -0.05) is 41.4 Å². The summed E-state index contributed by atoms with van der Waals surface area (Å²) in [5.74, 6) is -0.403. The third kappa shape index (κ3) is 5.38. The number of benzene rings is 2. The van der Waals surface area contributed by atoms with Gasteiger partial charge >= 0.3 is 0 Å². The average molecular weight is 395 g/mol. The highest BCUT2D eigenvalue weighted by Crippen LogP contribution is 2.32. The average Bonchev–Trinajstić information content (AvgIpc) is 2.57. The van der Waals surface area contributed by atoms with Crippen molar-refractivity contribution in [1.29, 1.82) is 0 Å². The Morgan fingerprint density at radius 3 is 2.42 bits per heavy atom. The molecule has 0 aliphatic heterocycles. The first-order valence-corrected chi connectivity index (χ1v) is 8.71. The number of nitrogens with zero attached hydrogens (tertiary/aromatic N) is 1. The van der Waals surface area contributed by atoms with Gasteiger partial charge in [0.25, 0.3) is 5.91 Å². The van der Waals surface area contributed by atoms with Crippen LogP contribution in [0.4, 0.5) is 5.69 Å². The van der Waals surface area contributed by atoms with Crippen LogP contribution in [-0.4, -0.2) is 36.9 Å². The Labute approximate surface area is 162 Å². The van der Waals surface area contributed by atoms with Crippen molar-refractivity contribution in [3.8, 4) is 5.75 Å². The van der Waals surface area contributed by atoms with Gasteiger partial charge in [0.15, 0.2) is 12.4 Å². The number of carbonyl (C=O) groups excluding carboxylic acids is 2. The molecule has 2 rings (SSSR count). The van der Waals surface area contributed by atoms with Gasteiger partial charge in [-0.05, 0) is 43.2 Å². The Morgan fingerprint density at radius 1 is 1.12 bits per heavy atom. The highest BCUT2D eigenvalue weighted by Gasteiger charge is 2.16. The molecule has 1 N–H and O–H groups in total. The maximum atomic E-state index is 12.2. The predicted molar refractivity (Wildman–Crippen MR) is 104 cm³/mol. The van der Waals surface area contributed by atoms with E-state index in [2.05, 4.69) is 5.32 Å². The van der Waals surface area contributed by atoms with Crippen molar-refractivity contribution < 1.29 is 14.3 Å². The summed E-state index contributed by atoms with van der Waals surface area (Å²) in [4.78, 5) is 25.7. The lowest BCUT2D eigenvalue weighted by Crippen LogP contribution is -2.37. The van der Waals surface area contributed by atoms with Crippen molar-refractivity contribution in [2.75, 3.05) is 25.5 Å². The first-order valence-electron chi connectivity index (χ1n) is 7.96. The van der Waals surface area contributed by atoms with Gasteiger partial charge in [-0.2, -0.15) is 0 Å². The molecule has 2 aromatic rings. The first kappa shape index (κ1) is 20.1. The minimum absolute atomic E-state index is 0.0914. The molecule has 0 aliphatic carbocycles. The van der Waals surface area contributed by atoms with E-state index in [1.807, 2.05) is 32.0 Å². The lowest BCUT2D eigenvalue weighted by atomic mass is 10.1. The smallest absolute Gasteiger partial charge is 0.260 e. The van der Waals surface area contributed by atoms with E-state index in [4.69, 9.17) is 27.9 Å². The number of amides is 2. The van der Waals surface area contributed by atoms with Gasteiger partial charge in [-0.25, -0.2) is 0 Å². The summed E-state index contributed by atoms with van der Waals surface area (Å²) >= 11 is 12.0. The molecule has 0 fully saturated rings. The van der Waals surface area contributed by atoms with Crippen LogP contribution in [0.15, 0.2) is 36.4 Å². The highest BCUT2D eigenvalue weighted by atomic mass is 35.5. The van der Waals surface area contributed by atoms with Gasteiger partial charge < -0.3 is 15.0 Å². The lowest BCUT2D eigenvalue weighted by Gasteiger charge is -2.18. The molecule has 0 saturated carbocycles. The van der Waals surface area contributed by atoms with E-state index in [1.165, 1.54) is 11.9 Å². The number of carbonyl (C=O) groups is 2. The van der Waals surface area contributed by atoms with E-state index >= 15 is 0 Å². The molecule has 0 atom stereocenters. The predicted octanol–water partition coefficient (Wildman–Crippen LogP) is 4.09. The van der Waals surface area contributed by atoms with Crippen LogP contribution in [0.3, 0.4) is 0 Å². The molecule has 2 aromatic carbocycles. The van der Waals surface area contributed by atoms with Crippen LogP contribution < -0.4 is 10.1 Å². The van der Waals surface area contributed by atoms with Gasteiger partial charge in [-0.3, -0.25) is 9.59 Å². The van der Waals surface area contributed by atoms with E-state index in [1.54, 1.807) is 18.2 Å². The molecule has 2 amide bonds. The Morgan fingerprint density at radius 2 is 1.77 bits per heavy atom. The standard InChI is InChI=1S/C19H20Cl2N2O3/c1-12-7-8-13(2)16(9-12)22-17(24)10-23(3)18(25)11-26-19-14(20)5-4-6-15(19)21/h4-9H,10-11H2,1-3H3,(H,22,24). The van der Waals surface area contributed by atoms with E-state index in [0.717, 1.165) is 16.8 Å². The number of hydrogen-bond donors (Lipinski definition) is 1. The molecule has 0 saturated heterocycles. The zero-order valence-corrected chi connectivity index (χ0v) is 16.3. The van der Waals surface area contributed by atoms with Crippen LogP contribution in [0.5, 0.6) is 5.75 Å². The highest BCUT2D eigenvalue weighted by molar-refractivity contribution is 6.37. The summed E-state index contributed by atoms with van der Waals surface area (Å²) in [6, 6.07) is 10.7. The second kappa shape index (κ2) is 8.92. The molecule has 138 valence electrons. The molecule has 0 spiro atoms. The number of likely N-dealkylation sites (N-methyl/N-ethyl adjacent to an activating group) is 1. The summed E-state index contributed by atoms with van der Waals surface area (Å²) < 4.78 is 5.40. The zero-order chi connectivity index (χ0) is 19.3. The molecule has 0 bridgehead atoms. The lowest BCUT2D eigenvalue weighted by molar-refractivity contribution is -0.135. The fourth-order valence-corrected chi connectivity index (χ4v) is 2.73. The Balaban J connectivity index is 1.90. The number of nitrogens with one attached hydrogen (secondary N) is 1. The molecule has 7 heteroatoms. The van der Waals surface area contributed by atoms with Crippen LogP contribution in [-0.2, 0) is 9.59 Å². The second-order valence-corrected chi connectivity index (χ2v) is 6.77. The topological polar surface area (TPSA) is 58.6 Å². The number of ether oxygens (including phenoxy) is 1. The third-order valence-corrected chi connectivity index (χ3v) is 4.33. The van der Waals surface area contributed by atoms with Crippen molar-refractivity contribution in [2.45, 2.75) is 13.8 Å². The van der Waals surface area contributed by atoms with Gasteiger partial charge in [-0.15, -0.1) is 0 Å². The normalized spacial score (nSPS) is 10.3. The molecule has 0 aromatic heterocycles. The molecule has 5 nitrogen and oxygen atoms in total. The number of hydrogen-bond acceptors (Lipinski definition) is 3. The van der Waals surface area contributed by atoms with E-state index in [9.17, 15) is 9.59 Å². The van der Waals surface area contributed by atoms with E-state index in [0.29, 0.717) is 10.0 Å². The number of para-hydroxylation sites is 1. The van der Waals surface area contributed by atoms with Crippen molar-refractivity contribution in [3.63, 3.8) is 0 Å². The molecule has 0 unspecified atom stereocenters. The fraction of sp³-hybridized carbons (Fsp3) is 0.263. The van der Waals surface area contributed by atoms with Crippen LogP contribution in [0, 0.1) is 13.8 Å². The summed E-state index contributed by atoms with van der Waals surface area (Å²) in [5.41, 5.74) is 2.73. The minimum atomic E-state index is -0.364. The molecule has 0 aliphatic rings. The van der Waals surface area contributed by atoms with Crippen molar-refractivity contribution >= 4 is 40.7 Å². The monoisotopic (exact) mass is 394 g/mol. The molecular weight excluding hydrogens is 375 g/mol. The summed E-state index contributed by atoms with van der Waals surface area (Å²) in [7, 11) is 1.53. The molecular formula is C19H20Cl2N2O3. The second-order valence-electron chi connectivity index (χ2n) is 5.96. The summed E-state index contributed by atoms with van der Waals surface area (Å²) in [5, 5.41) is 3.45. The van der Waals surface area contributed by atoms with Gasteiger partial charge in [0.1, 0.15) is 0 Å². The van der Waals surface area contributed by atoms with Crippen LogP contribution in [0.1, 0.15) is 11.1 Å². The zero-order valence-electron chi connectivity index (χ0n) is 14.8. The summed E-state index contributed by atoms with van der Waals surface area (Å²) in [6.07, 6.45) is 0. The van der Waals surface area contributed by atoms with E-state index in [-0.39, 0.29) is 30.7 Å². The van der Waals surface area contributed by atoms with Crippen molar-refractivity contribution in [3.05, 3.63) is 57.6 Å². The third-order valence-electron chi connectivity index (χ3n) is 3.73. The molecule has 0 radical (unpaired) electrons. The number of rotatable bonds is 6. The Bertz CT molecular complexity index is 804. The minimum Gasteiger partial charge on any atom is -0.481 e. The van der Waals surface area contributed by atoms with Crippen molar-refractivity contribution in [2.24, 2.45) is 0 Å². The molecule has 26 heavy (non-hydrogen) atoms. The van der Waals surface area contributed by atoms with Gasteiger partial charge in [0.2, 0.25) is 5.91 Å². The first-order chi connectivity index (χ1) is 12.3. The quantitative estimate of drug-likeness (QED) is 0.802. The van der Waals surface area contributed by atoms with E-state index < -0.39 is 0 Å². The number of halogens is 2. The number of aryl methyl sites for hydroxylation is 2. The van der Waals surface area contributed by atoms with Crippen LogP contribution >= 0.6 is 23.2 Å². The van der Waals surface area contributed by atoms with Crippen LogP contribution in [0.25, 0.3) is 0 Å². The van der Waals surface area contributed by atoms with Gasteiger partial charge in [0.05, 0.1) is 16.6 Å². The fourth-order valence-electron chi connectivity index (χ4n) is 2.23. The van der Waals surface area contributed by atoms with Crippen LogP contribution in [0.2, 0.25) is 10.0 Å². The molecule has 0 heterocycles. The van der Waals surface area contributed by atoms with Crippen molar-refractivity contribution in [1.82, 2.24) is 4.90 Å². The number of anilines is 1. The van der Waals surface area contributed by atoms with Gasteiger partial charge in [0, 0.05) is 12.7 Å². The maximum Gasteiger partial charge on any atom is 0.260 e. The summed E-state index contributed by atoms with van der Waals surface area (Å²) in [6.45, 7) is 3.50. The largest absolute Gasteiger partial charge is 0.481 e. The SMILES string of the molecule is Cc1ccc(C)c(NC(=O)CN(C)C(=O)COc2c(Cl)cccc2Cl)c1. The Hall–Kier alpha value is -2.24. The Kier molecular flexibility index (Phi) is 6.89. The maximum absolute atomic E-state index is 12.2.